The van der Waals surface area contributed by atoms with Gasteiger partial charge in [0, 0.05) is 25.2 Å². The van der Waals surface area contributed by atoms with Crippen LogP contribution < -0.4 is 15.4 Å². The average molecular weight is 313 g/mol. The predicted octanol–water partition coefficient (Wildman–Crippen LogP) is 1.56. The zero-order valence-corrected chi connectivity index (χ0v) is 13.0. The molecular weight excluding hydrogens is 294 g/mol. The number of pyridine rings is 1. The van der Waals surface area contributed by atoms with Gasteiger partial charge in [-0.05, 0) is 12.1 Å². The summed E-state index contributed by atoms with van der Waals surface area (Å²) >= 11 is 0. The molecule has 0 bridgehead atoms. The Balaban J connectivity index is 1.74. The van der Waals surface area contributed by atoms with Crippen molar-refractivity contribution in [1.29, 1.82) is 0 Å². The molecule has 0 spiro atoms. The van der Waals surface area contributed by atoms with Crippen molar-refractivity contribution in [2.45, 2.75) is 0 Å². The molecule has 0 aliphatic rings. The maximum absolute atomic E-state index is 11.3. The third kappa shape index (κ3) is 5.49. The van der Waals surface area contributed by atoms with Crippen LogP contribution in [-0.4, -0.2) is 44.4 Å². The fraction of sp³-hybridized carbons (Fsp3) is 0.294. The van der Waals surface area contributed by atoms with E-state index in [-0.39, 0.29) is 19.2 Å². The molecule has 2 aromatic rings. The number of amides is 2. The standard InChI is InChI=1S/C17H19N3O3/c1-22-13-11-20-17(21)19-9-2-3-12-23-15-8-4-6-14-7-5-10-18-16(14)15/h4-8,10H,9,11-13H2,1H3,(H2,19,20,21). The molecule has 0 aliphatic heterocycles. The lowest BCUT2D eigenvalue weighted by molar-refractivity contribution is 0.196. The Morgan fingerprint density at radius 2 is 2.09 bits per heavy atom. The summed E-state index contributed by atoms with van der Waals surface area (Å²) in [5, 5.41) is 6.28. The second-order valence-electron chi connectivity index (χ2n) is 4.58. The number of rotatable bonds is 6. The van der Waals surface area contributed by atoms with Gasteiger partial charge in [0.15, 0.2) is 0 Å². The number of carbonyl (C=O) groups is 1. The third-order valence-corrected chi connectivity index (χ3v) is 2.95. The van der Waals surface area contributed by atoms with Crippen LogP contribution >= 0.6 is 0 Å². The average Bonchev–Trinajstić information content (AvgIpc) is 2.58. The van der Waals surface area contributed by atoms with E-state index in [9.17, 15) is 4.79 Å². The maximum atomic E-state index is 11.3. The number of hydrogen-bond donors (Lipinski definition) is 2. The van der Waals surface area contributed by atoms with Crippen LogP contribution in [-0.2, 0) is 4.74 Å². The first-order chi connectivity index (χ1) is 11.3. The van der Waals surface area contributed by atoms with Gasteiger partial charge in [0.2, 0.25) is 0 Å². The second kappa shape index (κ2) is 9.28. The molecule has 0 fully saturated rings. The van der Waals surface area contributed by atoms with E-state index in [0.717, 1.165) is 10.9 Å². The van der Waals surface area contributed by atoms with Gasteiger partial charge in [0.05, 0.1) is 13.2 Å². The van der Waals surface area contributed by atoms with Crippen molar-refractivity contribution >= 4 is 16.9 Å². The minimum absolute atomic E-state index is 0.239. The highest BCUT2D eigenvalue weighted by molar-refractivity contribution is 5.84. The van der Waals surface area contributed by atoms with Gasteiger partial charge >= 0.3 is 6.03 Å². The second-order valence-corrected chi connectivity index (χ2v) is 4.58. The summed E-state index contributed by atoms with van der Waals surface area (Å²) < 4.78 is 10.5. The van der Waals surface area contributed by atoms with Crippen LogP contribution in [0.3, 0.4) is 0 Å². The highest BCUT2D eigenvalue weighted by atomic mass is 16.5. The van der Waals surface area contributed by atoms with Gasteiger partial charge in [0.25, 0.3) is 0 Å². The zero-order chi connectivity index (χ0) is 16.3. The Bertz CT molecular complexity index is 702. The van der Waals surface area contributed by atoms with E-state index in [1.807, 2.05) is 30.3 Å². The molecule has 120 valence electrons. The number of nitrogens with one attached hydrogen (secondary N) is 2. The Hall–Kier alpha value is -2.78. The minimum atomic E-state index is -0.268. The lowest BCUT2D eigenvalue weighted by Gasteiger charge is -2.05. The summed E-state index contributed by atoms with van der Waals surface area (Å²) in [4.78, 5) is 15.6. The van der Waals surface area contributed by atoms with Gasteiger partial charge in [-0.3, -0.25) is 4.98 Å². The van der Waals surface area contributed by atoms with Gasteiger partial charge in [-0.1, -0.05) is 30.0 Å². The van der Waals surface area contributed by atoms with E-state index in [0.29, 0.717) is 18.9 Å². The number of carbonyl (C=O) groups excluding carboxylic acids is 1. The van der Waals surface area contributed by atoms with Crippen molar-refractivity contribution in [2.75, 3.05) is 33.4 Å². The van der Waals surface area contributed by atoms with E-state index >= 15 is 0 Å². The van der Waals surface area contributed by atoms with Crippen LogP contribution in [0.2, 0.25) is 0 Å². The maximum Gasteiger partial charge on any atom is 0.315 e. The van der Waals surface area contributed by atoms with E-state index < -0.39 is 0 Å². The summed E-state index contributed by atoms with van der Waals surface area (Å²) in [7, 11) is 1.58. The van der Waals surface area contributed by atoms with Crippen molar-refractivity contribution in [3.8, 4) is 17.6 Å². The summed E-state index contributed by atoms with van der Waals surface area (Å²) in [6, 6.07) is 9.35. The molecule has 1 aromatic carbocycles. The fourth-order valence-corrected chi connectivity index (χ4v) is 1.87. The SMILES string of the molecule is COCCNC(=O)NCC#CCOc1cccc2cccnc12. The van der Waals surface area contributed by atoms with E-state index in [2.05, 4.69) is 27.5 Å². The lowest BCUT2D eigenvalue weighted by Crippen LogP contribution is -2.37. The van der Waals surface area contributed by atoms with Gasteiger partial charge in [0.1, 0.15) is 17.9 Å². The van der Waals surface area contributed by atoms with Gasteiger partial charge in [-0.2, -0.15) is 0 Å². The summed E-state index contributed by atoms with van der Waals surface area (Å²) in [5.41, 5.74) is 0.812. The van der Waals surface area contributed by atoms with Crippen LogP contribution in [0.1, 0.15) is 0 Å². The molecule has 2 amide bonds. The molecule has 0 atom stereocenters. The van der Waals surface area contributed by atoms with Crippen LogP contribution in [0.15, 0.2) is 36.5 Å². The molecule has 23 heavy (non-hydrogen) atoms. The molecule has 0 aliphatic carbocycles. The summed E-state index contributed by atoms with van der Waals surface area (Å²) in [6.45, 7) is 1.44. The Morgan fingerprint density at radius 3 is 2.96 bits per heavy atom. The van der Waals surface area contributed by atoms with Gasteiger partial charge < -0.3 is 20.1 Å². The first-order valence-corrected chi connectivity index (χ1v) is 7.24. The normalized spacial score (nSPS) is 9.78. The first-order valence-electron chi connectivity index (χ1n) is 7.24. The van der Waals surface area contributed by atoms with Gasteiger partial charge in [-0.15, -0.1) is 0 Å². The van der Waals surface area contributed by atoms with Crippen LogP contribution in [0.25, 0.3) is 10.9 Å². The number of para-hydroxylation sites is 1. The monoisotopic (exact) mass is 313 g/mol. The van der Waals surface area contributed by atoms with E-state index in [4.69, 9.17) is 9.47 Å². The van der Waals surface area contributed by atoms with Crippen LogP contribution in [0.5, 0.6) is 5.75 Å². The molecule has 2 rings (SSSR count). The number of fused-ring (bicyclic) bond motifs is 1. The number of ether oxygens (including phenoxy) is 2. The molecule has 1 aromatic heterocycles. The third-order valence-electron chi connectivity index (χ3n) is 2.95. The molecule has 6 heteroatoms. The van der Waals surface area contributed by atoms with E-state index in [1.54, 1.807) is 13.3 Å². The molecular formula is C17H19N3O3. The number of aromatic nitrogens is 1. The van der Waals surface area contributed by atoms with E-state index in [1.165, 1.54) is 0 Å². The number of methoxy groups -OCH3 is 1. The van der Waals surface area contributed by atoms with Crippen LogP contribution in [0, 0.1) is 11.8 Å². The van der Waals surface area contributed by atoms with Crippen molar-refractivity contribution in [2.24, 2.45) is 0 Å². The molecule has 0 radical (unpaired) electrons. The van der Waals surface area contributed by atoms with Crippen molar-refractivity contribution in [1.82, 2.24) is 15.6 Å². The fourth-order valence-electron chi connectivity index (χ4n) is 1.87. The lowest BCUT2D eigenvalue weighted by atomic mass is 10.2. The van der Waals surface area contributed by atoms with Gasteiger partial charge in [-0.25, -0.2) is 4.79 Å². The minimum Gasteiger partial charge on any atom is -0.479 e. The van der Waals surface area contributed by atoms with Crippen molar-refractivity contribution in [3.05, 3.63) is 36.5 Å². The molecule has 0 unspecified atom stereocenters. The Labute approximate surface area is 135 Å². The summed E-state index contributed by atoms with van der Waals surface area (Å²) in [5.74, 6) is 6.38. The van der Waals surface area contributed by atoms with Crippen LogP contribution in [0.4, 0.5) is 4.79 Å². The highest BCUT2D eigenvalue weighted by Gasteiger charge is 2.01. The smallest absolute Gasteiger partial charge is 0.315 e. The topological polar surface area (TPSA) is 72.5 Å². The zero-order valence-electron chi connectivity index (χ0n) is 13.0. The number of hydrogen-bond acceptors (Lipinski definition) is 4. The first kappa shape index (κ1) is 16.6. The van der Waals surface area contributed by atoms with Crippen molar-refractivity contribution in [3.63, 3.8) is 0 Å². The molecule has 0 saturated carbocycles. The van der Waals surface area contributed by atoms with Crippen molar-refractivity contribution < 1.29 is 14.3 Å². The predicted molar refractivity (Wildman–Crippen MR) is 88.3 cm³/mol. The number of nitrogens with zero attached hydrogens (tertiary/aromatic N) is 1. The Kier molecular flexibility index (Phi) is 6.69. The largest absolute Gasteiger partial charge is 0.479 e. The number of benzene rings is 1. The molecule has 6 nitrogen and oxygen atoms in total. The summed E-state index contributed by atoms with van der Waals surface area (Å²) in [6.07, 6.45) is 1.73. The quantitative estimate of drug-likeness (QED) is 0.627. The Morgan fingerprint density at radius 1 is 1.22 bits per heavy atom. The number of urea groups is 1. The molecule has 0 saturated heterocycles. The highest BCUT2D eigenvalue weighted by Crippen LogP contribution is 2.22. The molecule has 2 N–H and O–H groups in total. The molecule has 1 heterocycles.